The Hall–Kier alpha value is -3.46. The standard InChI is InChI=1S/C22H15NO2/c24-22-20(15-18-11-6-10-17-9-4-5-12-19(17)18)23-21(25-22)14-13-16-7-2-1-3-8-16/h1-15H/b14-13+,20-15+. The molecule has 1 heterocycles. The highest BCUT2D eigenvalue weighted by Gasteiger charge is 2.21. The van der Waals surface area contributed by atoms with E-state index in [-0.39, 0.29) is 0 Å². The van der Waals surface area contributed by atoms with Gasteiger partial charge in [-0.2, -0.15) is 0 Å². The Kier molecular flexibility index (Phi) is 3.97. The second kappa shape index (κ2) is 6.57. The summed E-state index contributed by atoms with van der Waals surface area (Å²) in [6.45, 7) is 0. The summed E-state index contributed by atoms with van der Waals surface area (Å²) in [6.07, 6.45) is 5.35. The number of ether oxygens (including phenoxy) is 1. The molecular weight excluding hydrogens is 310 g/mol. The zero-order valence-corrected chi connectivity index (χ0v) is 13.4. The molecule has 0 atom stereocenters. The van der Waals surface area contributed by atoms with Crippen molar-refractivity contribution in [3.8, 4) is 0 Å². The van der Waals surface area contributed by atoms with Crippen LogP contribution >= 0.6 is 0 Å². The number of esters is 1. The summed E-state index contributed by atoms with van der Waals surface area (Å²) in [4.78, 5) is 16.4. The first-order valence-corrected chi connectivity index (χ1v) is 8.03. The summed E-state index contributed by atoms with van der Waals surface area (Å²) in [6, 6.07) is 23.8. The smallest absolute Gasteiger partial charge is 0.363 e. The average Bonchev–Trinajstić information content (AvgIpc) is 3.01. The van der Waals surface area contributed by atoms with Crippen LogP contribution in [0.1, 0.15) is 11.1 Å². The molecule has 3 nitrogen and oxygen atoms in total. The molecule has 120 valence electrons. The molecule has 0 radical (unpaired) electrons. The molecule has 3 aromatic carbocycles. The van der Waals surface area contributed by atoms with Gasteiger partial charge in [0, 0.05) is 6.08 Å². The van der Waals surface area contributed by atoms with Crippen LogP contribution in [0.5, 0.6) is 0 Å². The van der Waals surface area contributed by atoms with Crippen molar-refractivity contribution in [2.24, 2.45) is 4.99 Å². The molecule has 0 bridgehead atoms. The number of fused-ring (bicyclic) bond motifs is 1. The van der Waals surface area contributed by atoms with Crippen LogP contribution < -0.4 is 0 Å². The fraction of sp³-hybridized carbons (Fsp3) is 0. The number of benzene rings is 3. The Morgan fingerprint density at radius 1 is 0.800 bits per heavy atom. The van der Waals surface area contributed by atoms with Crippen molar-refractivity contribution in [1.29, 1.82) is 0 Å². The highest BCUT2D eigenvalue weighted by Crippen LogP contribution is 2.23. The molecule has 0 fully saturated rings. The van der Waals surface area contributed by atoms with Gasteiger partial charge in [-0.1, -0.05) is 72.8 Å². The number of aliphatic imine (C=N–C) groups is 1. The number of hydrogen-bond donors (Lipinski definition) is 0. The highest BCUT2D eigenvalue weighted by atomic mass is 16.6. The lowest BCUT2D eigenvalue weighted by atomic mass is 10.0. The maximum atomic E-state index is 12.1. The molecule has 25 heavy (non-hydrogen) atoms. The highest BCUT2D eigenvalue weighted by molar-refractivity contribution is 6.12. The van der Waals surface area contributed by atoms with Gasteiger partial charge in [-0.3, -0.25) is 0 Å². The lowest BCUT2D eigenvalue weighted by Gasteiger charge is -2.01. The summed E-state index contributed by atoms with van der Waals surface area (Å²) in [5.74, 6) is -0.124. The maximum absolute atomic E-state index is 12.1. The number of nitrogens with zero attached hydrogens (tertiary/aromatic N) is 1. The van der Waals surface area contributed by atoms with Gasteiger partial charge >= 0.3 is 5.97 Å². The fourth-order valence-corrected chi connectivity index (χ4v) is 2.75. The van der Waals surface area contributed by atoms with Crippen LogP contribution in [-0.2, 0) is 9.53 Å². The Balaban J connectivity index is 1.66. The van der Waals surface area contributed by atoms with Crippen LogP contribution in [-0.4, -0.2) is 11.9 Å². The second-order valence-corrected chi connectivity index (χ2v) is 5.68. The molecule has 0 spiro atoms. The normalized spacial score (nSPS) is 15.8. The molecule has 3 aromatic rings. The SMILES string of the molecule is O=C1OC(/C=C/c2ccccc2)=NC/1=C/c1cccc2ccccc12. The van der Waals surface area contributed by atoms with Crippen molar-refractivity contribution in [3.63, 3.8) is 0 Å². The van der Waals surface area contributed by atoms with E-state index in [1.54, 1.807) is 12.2 Å². The predicted octanol–water partition coefficient (Wildman–Crippen LogP) is 4.85. The number of rotatable bonds is 3. The monoisotopic (exact) mass is 325 g/mol. The molecule has 0 aliphatic carbocycles. The Morgan fingerprint density at radius 2 is 1.56 bits per heavy atom. The minimum atomic E-state index is -0.430. The summed E-state index contributed by atoms with van der Waals surface area (Å²) in [5, 5.41) is 2.20. The molecule has 4 rings (SSSR count). The minimum absolute atomic E-state index is 0.306. The largest absolute Gasteiger partial charge is 0.403 e. The van der Waals surface area contributed by atoms with Gasteiger partial charge in [0.05, 0.1) is 0 Å². The molecule has 3 heteroatoms. The zero-order valence-electron chi connectivity index (χ0n) is 13.4. The number of carbonyl (C=O) groups excluding carboxylic acids is 1. The van der Waals surface area contributed by atoms with Gasteiger partial charge in [-0.05, 0) is 34.1 Å². The first-order valence-electron chi connectivity index (χ1n) is 8.03. The van der Waals surface area contributed by atoms with Gasteiger partial charge in [-0.15, -0.1) is 0 Å². The van der Waals surface area contributed by atoms with E-state index in [1.807, 2.05) is 78.9 Å². The fourth-order valence-electron chi connectivity index (χ4n) is 2.75. The minimum Gasteiger partial charge on any atom is -0.403 e. The Bertz CT molecular complexity index is 1020. The third-order valence-corrected chi connectivity index (χ3v) is 3.97. The molecule has 0 unspecified atom stereocenters. The van der Waals surface area contributed by atoms with Crippen molar-refractivity contribution < 1.29 is 9.53 Å². The summed E-state index contributed by atoms with van der Waals surface area (Å²) in [5.41, 5.74) is 2.28. The van der Waals surface area contributed by atoms with Crippen molar-refractivity contribution in [2.75, 3.05) is 0 Å². The van der Waals surface area contributed by atoms with E-state index in [1.165, 1.54) is 0 Å². The van der Waals surface area contributed by atoms with Crippen LogP contribution in [0.4, 0.5) is 0 Å². The predicted molar refractivity (Wildman–Crippen MR) is 101 cm³/mol. The van der Waals surface area contributed by atoms with Crippen molar-refractivity contribution in [3.05, 3.63) is 95.7 Å². The number of hydrogen-bond acceptors (Lipinski definition) is 3. The van der Waals surface area contributed by atoms with E-state index < -0.39 is 5.97 Å². The van der Waals surface area contributed by atoms with Gasteiger partial charge < -0.3 is 4.74 Å². The maximum Gasteiger partial charge on any atom is 0.363 e. The quantitative estimate of drug-likeness (QED) is 0.510. The molecule has 0 saturated carbocycles. The lowest BCUT2D eigenvalue weighted by Crippen LogP contribution is -2.01. The first kappa shape index (κ1) is 15.1. The molecule has 0 amide bonds. The summed E-state index contributed by atoms with van der Waals surface area (Å²) in [7, 11) is 0. The van der Waals surface area contributed by atoms with Crippen molar-refractivity contribution in [1.82, 2.24) is 0 Å². The average molecular weight is 325 g/mol. The van der Waals surface area contributed by atoms with E-state index in [9.17, 15) is 4.79 Å². The van der Waals surface area contributed by atoms with Gasteiger partial charge in [0.15, 0.2) is 5.70 Å². The van der Waals surface area contributed by atoms with Crippen LogP contribution in [0, 0.1) is 0 Å². The lowest BCUT2D eigenvalue weighted by molar-refractivity contribution is -0.129. The molecule has 0 saturated heterocycles. The number of carbonyl (C=O) groups is 1. The first-order chi connectivity index (χ1) is 12.3. The van der Waals surface area contributed by atoms with Gasteiger partial charge in [-0.25, -0.2) is 9.79 Å². The number of cyclic esters (lactones) is 1. The van der Waals surface area contributed by atoms with Crippen LogP contribution in [0.15, 0.2) is 89.6 Å². The van der Waals surface area contributed by atoms with E-state index >= 15 is 0 Å². The molecule has 1 aliphatic heterocycles. The van der Waals surface area contributed by atoms with Gasteiger partial charge in [0.1, 0.15) is 0 Å². The summed E-state index contributed by atoms with van der Waals surface area (Å²) < 4.78 is 5.24. The van der Waals surface area contributed by atoms with Gasteiger partial charge in [0.25, 0.3) is 0 Å². The molecule has 0 N–H and O–H groups in total. The van der Waals surface area contributed by atoms with Crippen LogP contribution in [0.3, 0.4) is 0 Å². The van der Waals surface area contributed by atoms with E-state index in [4.69, 9.17) is 4.74 Å². The molecule has 0 aromatic heterocycles. The molecular formula is C22H15NO2. The second-order valence-electron chi connectivity index (χ2n) is 5.68. The summed E-state index contributed by atoms with van der Waals surface area (Å²) >= 11 is 0. The Morgan fingerprint density at radius 3 is 2.44 bits per heavy atom. The van der Waals surface area contributed by atoms with Gasteiger partial charge in [0.2, 0.25) is 5.90 Å². The van der Waals surface area contributed by atoms with Crippen molar-refractivity contribution in [2.45, 2.75) is 0 Å². The Labute approximate surface area is 145 Å². The van der Waals surface area contributed by atoms with Crippen molar-refractivity contribution >= 4 is 34.8 Å². The zero-order chi connectivity index (χ0) is 17.1. The van der Waals surface area contributed by atoms with E-state index in [0.29, 0.717) is 11.6 Å². The molecule has 1 aliphatic rings. The topological polar surface area (TPSA) is 38.7 Å². The van der Waals surface area contributed by atoms with E-state index in [0.717, 1.165) is 21.9 Å². The van der Waals surface area contributed by atoms with Crippen LogP contribution in [0.25, 0.3) is 22.9 Å². The van der Waals surface area contributed by atoms with E-state index in [2.05, 4.69) is 4.99 Å². The third kappa shape index (κ3) is 3.26. The van der Waals surface area contributed by atoms with Crippen LogP contribution in [0.2, 0.25) is 0 Å². The third-order valence-electron chi connectivity index (χ3n) is 3.97.